The molecule has 1 amide bonds. The van der Waals surface area contributed by atoms with Crippen LogP contribution in [0.2, 0.25) is 0 Å². The van der Waals surface area contributed by atoms with E-state index in [1.54, 1.807) is 11.8 Å². The van der Waals surface area contributed by atoms with E-state index in [2.05, 4.69) is 10.1 Å². The summed E-state index contributed by atoms with van der Waals surface area (Å²) in [6.45, 7) is 5.19. The van der Waals surface area contributed by atoms with E-state index in [-0.39, 0.29) is 22.9 Å². The fraction of sp³-hybridized carbons (Fsp3) is 0.789. The summed E-state index contributed by atoms with van der Waals surface area (Å²) in [6, 6.07) is -0.656. The summed E-state index contributed by atoms with van der Waals surface area (Å²) in [5.74, 6) is -1.89. The molecule has 4 aliphatic rings. The van der Waals surface area contributed by atoms with Crippen molar-refractivity contribution in [2.24, 2.45) is 22.6 Å². The Bertz CT molecular complexity index is 770. The number of carbonyl (C=O) groups excluding carboxylic acids is 1. The molecule has 0 bridgehead atoms. The van der Waals surface area contributed by atoms with E-state index in [1.165, 1.54) is 18.2 Å². The number of carboxylic acid groups (broad SMARTS) is 1. The van der Waals surface area contributed by atoms with Crippen molar-refractivity contribution in [3.05, 3.63) is 15.5 Å². The number of nitrogens with zero attached hydrogens (tertiary/aromatic N) is 3. The van der Waals surface area contributed by atoms with Crippen LogP contribution in [0.4, 0.5) is 0 Å². The van der Waals surface area contributed by atoms with Crippen LogP contribution >= 0.6 is 11.8 Å². The van der Waals surface area contributed by atoms with Gasteiger partial charge in [0.2, 0.25) is 0 Å². The largest absolute Gasteiger partial charge is 0.477 e. The van der Waals surface area contributed by atoms with Crippen molar-refractivity contribution in [1.82, 2.24) is 9.80 Å². The van der Waals surface area contributed by atoms with Gasteiger partial charge in [-0.3, -0.25) is 14.6 Å². The first-order valence-corrected chi connectivity index (χ1v) is 11.2. The van der Waals surface area contributed by atoms with Gasteiger partial charge in [-0.05, 0) is 26.2 Å². The quantitative estimate of drug-likeness (QED) is 0.418. The number of aliphatic carboxylic acids is 1. The van der Waals surface area contributed by atoms with Gasteiger partial charge in [-0.1, -0.05) is 18.5 Å². The number of rotatable bonds is 6. The normalized spacial score (nSPS) is 39.0. The monoisotopic (exact) mass is 423 g/mol. The number of hydrogen-bond acceptors (Lipinski definition) is 8. The van der Waals surface area contributed by atoms with E-state index in [0.717, 1.165) is 32.4 Å². The Labute approximate surface area is 174 Å². The Morgan fingerprint density at radius 1 is 1.38 bits per heavy atom. The van der Waals surface area contributed by atoms with Crippen LogP contribution in [0.1, 0.15) is 39.5 Å². The molecule has 5 N–H and O–H groups in total. The van der Waals surface area contributed by atoms with Gasteiger partial charge in [0.25, 0.3) is 5.91 Å². The molecular formula is C19H29N5O4S. The van der Waals surface area contributed by atoms with E-state index < -0.39 is 29.5 Å². The molecule has 9 nitrogen and oxygen atoms in total. The van der Waals surface area contributed by atoms with E-state index in [9.17, 15) is 19.6 Å². The molecule has 160 valence electrons. The third kappa shape index (κ3) is 3.03. The molecule has 4 rings (SSSR count). The molecule has 29 heavy (non-hydrogen) atoms. The van der Waals surface area contributed by atoms with E-state index in [1.807, 2.05) is 6.92 Å². The number of nitrogens with two attached hydrogens (primary N) is 2. The molecule has 0 spiro atoms. The number of carboxylic acids is 1. The molecule has 6 unspecified atom stereocenters. The topological polar surface area (TPSA) is 142 Å². The second-order valence-corrected chi connectivity index (χ2v) is 10.3. The third-order valence-electron chi connectivity index (χ3n) is 7.14. The van der Waals surface area contributed by atoms with Gasteiger partial charge in [0.15, 0.2) is 0 Å². The Hall–Kier alpha value is -1.49. The first kappa shape index (κ1) is 20.8. The molecule has 0 radical (unpaired) electrons. The lowest BCUT2D eigenvalue weighted by molar-refractivity contribution is -0.160. The molecular weight excluding hydrogens is 394 g/mol. The fourth-order valence-corrected chi connectivity index (χ4v) is 6.94. The summed E-state index contributed by atoms with van der Waals surface area (Å²) < 4.78 is 0. The van der Waals surface area contributed by atoms with Crippen molar-refractivity contribution in [2.75, 3.05) is 13.1 Å². The fourth-order valence-electron chi connectivity index (χ4n) is 5.40. The molecule has 1 aliphatic carbocycles. The molecule has 0 aromatic heterocycles. The molecule has 6 atom stereocenters. The standard InChI is InChI=1S/C19H29N5O4S/c1-9-15(29-13-7-23(8-13)12-5-3-4-11(20)6-12)14(17(25)26)24-16(9)19(21,18(24)27)10(2)22-28/h9-13,16H,3-8,20-21H2,1-2H3,(H,25,26). The van der Waals surface area contributed by atoms with Crippen molar-refractivity contribution in [1.29, 1.82) is 0 Å². The number of likely N-dealkylation sites (tertiary alicyclic amines) is 1. The maximum atomic E-state index is 12.7. The molecule has 3 aliphatic heterocycles. The average molecular weight is 424 g/mol. The van der Waals surface area contributed by atoms with Crippen molar-refractivity contribution in [2.45, 2.75) is 74.5 Å². The number of nitroso groups, excluding NO2 is 1. The molecule has 3 fully saturated rings. The zero-order valence-electron chi connectivity index (χ0n) is 16.8. The molecule has 2 saturated heterocycles. The Morgan fingerprint density at radius 3 is 2.66 bits per heavy atom. The number of carbonyl (C=O) groups is 2. The van der Waals surface area contributed by atoms with E-state index in [4.69, 9.17) is 11.5 Å². The van der Waals surface area contributed by atoms with Crippen LogP contribution < -0.4 is 11.5 Å². The van der Waals surface area contributed by atoms with Crippen LogP contribution in [0.15, 0.2) is 15.8 Å². The lowest BCUT2D eigenvalue weighted by atomic mass is 9.71. The zero-order chi connectivity index (χ0) is 21.1. The van der Waals surface area contributed by atoms with Crippen molar-refractivity contribution >= 4 is 23.6 Å². The van der Waals surface area contributed by atoms with Gasteiger partial charge < -0.3 is 16.6 Å². The number of hydrogen-bond donors (Lipinski definition) is 3. The van der Waals surface area contributed by atoms with Gasteiger partial charge >= 0.3 is 5.97 Å². The van der Waals surface area contributed by atoms with Gasteiger partial charge in [0.1, 0.15) is 17.3 Å². The first-order chi connectivity index (χ1) is 13.7. The molecule has 0 aromatic carbocycles. The van der Waals surface area contributed by atoms with E-state index in [0.29, 0.717) is 10.9 Å². The number of β-lactam (4-membered cyclic amide) rings is 1. The third-order valence-corrected chi connectivity index (χ3v) is 8.59. The molecule has 10 heteroatoms. The van der Waals surface area contributed by atoms with Gasteiger partial charge in [-0.2, -0.15) is 4.91 Å². The molecule has 0 aromatic rings. The van der Waals surface area contributed by atoms with Crippen LogP contribution in [0, 0.1) is 10.8 Å². The minimum absolute atomic E-state index is 0.0230. The highest BCUT2D eigenvalue weighted by Gasteiger charge is 2.69. The summed E-state index contributed by atoms with van der Waals surface area (Å²) in [5, 5.41) is 13.0. The predicted octanol–water partition coefficient (Wildman–Crippen LogP) is 0.683. The molecule has 1 saturated carbocycles. The summed E-state index contributed by atoms with van der Waals surface area (Å²) in [6.07, 6.45) is 4.44. The predicted molar refractivity (Wildman–Crippen MR) is 110 cm³/mol. The Kier molecular flexibility index (Phi) is 5.25. The average Bonchev–Trinajstić information content (AvgIpc) is 2.93. The second kappa shape index (κ2) is 7.33. The lowest BCUT2D eigenvalue weighted by Gasteiger charge is -2.53. The smallest absolute Gasteiger partial charge is 0.353 e. The summed E-state index contributed by atoms with van der Waals surface area (Å²) >= 11 is 1.54. The summed E-state index contributed by atoms with van der Waals surface area (Å²) in [4.78, 5) is 40.1. The Balaban J connectivity index is 1.47. The lowest BCUT2D eigenvalue weighted by Crippen LogP contribution is -2.81. The molecule has 3 heterocycles. The zero-order valence-corrected chi connectivity index (χ0v) is 17.6. The number of fused-ring (bicyclic) bond motifs is 1. The van der Waals surface area contributed by atoms with Gasteiger partial charge in [0, 0.05) is 41.2 Å². The van der Waals surface area contributed by atoms with Gasteiger partial charge in [-0.25, -0.2) is 4.79 Å². The SMILES string of the molecule is CC1C(SC2CN(C3CCCC(N)C3)C2)=C(C(=O)O)N2C(=O)C(N)(C(C)N=O)C12. The summed E-state index contributed by atoms with van der Waals surface area (Å²) in [7, 11) is 0. The highest BCUT2D eigenvalue weighted by molar-refractivity contribution is 8.03. The highest BCUT2D eigenvalue weighted by atomic mass is 32.2. The van der Waals surface area contributed by atoms with Crippen LogP contribution in [0.3, 0.4) is 0 Å². The van der Waals surface area contributed by atoms with Crippen molar-refractivity contribution < 1.29 is 14.7 Å². The first-order valence-electron chi connectivity index (χ1n) is 10.3. The number of amides is 1. The maximum Gasteiger partial charge on any atom is 0.353 e. The van der Waals surface area contributed by atoms with Crippen LogP contribution in [0.5, 0.6) is 0 Å². The van der Waals surface area contributed by atoms with Crippen LogP contribution in [0.25, 0.3) is 0 Å². The van der Waals surface area contributed by atoms with E-state index >= 15 is 0 Å². The Morgan fingerprint density at radius 2 is 2.07 bits per heavy atom. The highest BCUT2D eigenvalue weighted by Crippen LogP contribution is 2.53. The van der Waals surface area contributed by atoms with Crippen molar-refractivity contribution in [3.63, 3.8) is 0 Å². The van der Waals surface area contributed by atoms with Gasteiger partial charge in [-0.15, -0.1) is 11.8 Å². The minimum Gasteiger partial charge on any atom is -0.477 e. The summed E-state index contributed by atoms with van der Waals surface area (Å²) in [5.41, 5.74) is 11.0. The minimum atomic E-state index is -1.44. The van der Waals surface area contributed by atoms with Crippen LogP contribution in [-0.2, 0) is 9.59 Å². The van der Waals surface area contributed by atoms with Gasteiger partial charge in [0.05, 0.1) is 6.04 Å². The van der Waals surface area contributed by atoms with Crippen LogP contribution in [-0.4, -0.2) is 74.8 Å². The maximum absolute atomic E-state index is 12.7. The van der Waals surface area contributed by atoms with Crippen molar-refractivity contribution in [3.8, 4) is 0 Å². The number of thioether (sulfide) groups is 1. The second-order valence-electron chi connectivity index (χ2n) is 8.92.